The van der Waals surface area contributed by atoms with Gasteiger partial charge in [0.15, 0.2) is 0 Å². The van der Waals surface area contributed by atoms with Crippen molar-refractivity contribution in [1.29, 1.82) is 0 Å². The second-order valence-electron chi connectivity index (χ2n) is 6.01. The highest BCUT2D eigenvalue weighted by atomic mass is 16.4. The van der Waals surface area contributed by atoms with Gasteiger partial charge in [-0.2, -0.15) is 4.68 Å². The summed E-state index contributed by atoms with van der Waals surface area (Å²) in [5, 5.41) is 7.07. The van der Waals surface area contributed by atoms with Crippen molar-refractivity contribution in [1.82, 2.24) is 20.1 Å². The molecule has 122 valence electrons. The SMILES string of the molecule is CC1CCCCC1NC(=O)Cn1nc(-c2cccnc2)oc1=O. The number of hydrogen-bond donors (Lipinski definition) is 1. The summed E-state index contributed by atoms with van der Waals surface area (Å²) in [6, 6.07) is 3.65. The molecular formula is C16H20N4O3. The molecule has 0 bridgehead atoms. The minimum atomic E-state index is -0.643. The fourth-order valence-electron chi connectivity index (χ4n) is 2.93. The van der Waals surface area contributed by atoms with E-state index in [1.807, 2.05) is 0 Å². The molecule has 0 aliphatic heterocycles. The monoisotopic (exact) mass is 316 g/mol. The number of pyridine rings is 1. The lowest BCUT2D eigenvalue weighted by Crippen LogP contribution is -2.43. The summed E-state index contributed by atoms with van der Waals surface area (Å²) in [7, 11) is 0. The van der Waals surface area contributed by atoms with Crippen LogP contribution in [0.1, 0.15) is 32.6 Å². The number of carbonyl (C=O) groups excluding carboxylic acids is 1. The van der Waals surface area contributed by atoms with Crippen LogP contribution in [0.4, 0.5) is 0 Å². The van der Waals surface area contributed by atoms with Crippen LogP contribution < -0.4 is 11.1 Å². The average Bonchev–Trinajstić information content (AvgIpc) is 2.91. The molecule has 1 N–H and O–H groups in total. The van der Waals surface area contributed by atoms with E-state index in [2.05, 4.69) is 22.3 Å². The standard InChI is InChI=1S/C16H20N4O3/c1-11-5-2-3-7-13(11)18-14(21)10-20-16(22)23-15(19-20)12-6-4-8-17-9-12/h4,6,8-9,11,13H,2-3,5,7,10H2,1H3,(H,18,21). The van der Waals surface area contributed by atoms with E-state index in [4.69, 9.17) is 4.42 Å². The zero-order chi connectivity index (χ0) is 16.2. The first-order chi connectivity index (χ1) is 11.1. The maximum absolute atomic E-state index is 12.2. The molecule has 0 spiro atoms. The van der Waals surface area contributed by atoms with Crippen molar-refractivity contribution in [2.45, 2.75) is 45.2 Å². The molecule has 7 nitrogen and oxygen atoms in total. The topological polar surface area (TPSA) is 90.0 Å². The number of carbonyl (C=O) groups is 1. The largest absolute Gasteiger partial charge is 0.437 e. The summed E-state index contributed by atoms with van der Waals surface area (Å²) < 4.78 is 6.14. The van der Waals surface area contributed by atoms with E-state index in [1.54, 1.807) is 24.5 Å². The Morgan fingerprint density at radius 1 is 1.43 bits per heavy atom. The van der Waals surface area contributed by atoms with E-state index in [0.29, 0.717) is 11.5 Å². The number of rotatable bonds is 4. The summed E-state index contributed by atoms with van der Waals surface area (Å²) in [5.41, 5.74) is 0.602. The van der Waals surface area contributed by atoms with E-state index in [0.717, 1.165) is 23.9 Å². The van der Waals surface area contributed by atoms with Gasteiger partial charge >= 0.3 is 5.76 Å². The van der Waals surface area contributed by atoms with Crippen molar-refractivity contribution >= 4 is 5.91 Å². The molecule has 2 aromatic heterocycles. The zero-order valence-corrected chi connectivity index (χ0v) is 13.1. The molecule has 2 heterocycles. The molecule has 7 heteroatoms. The van der Waals surface area contributed by atoms with Crippen LogP contribution in [-0.2, 0) is 11.3 Å². The molecular weight excluding hydrogens is 296 g/mol. The van der Waals surface area contributed by atoms with Gasteiger partial charge in [-0.05, 0) is 30.9 Å². The van der Waals surface area contributed by atoms with E-state index in [9.17, 15) is 9.59 Å². The lowest BCUT2D eigenvalue weighted by atomic mass is 9.86. The summed E-state index contributed by atoms with van der Waals surface area (Å²) in [5.74, 6) is -0.220. The number of nitrogens with zero attached hydrogens (tertiary/aromatic N) is 3. The van der Waals surface area contributed by atoms with Crippen molar-refractivity contribution in [3.05, 3.63) is 35.1 Å². The van der Waals surface area contributed by atoms with Crippen molar-refractivity contribution in [3.8, 4) is 11.5 Å². The zero-order valence-electron chi connectivity index (χ0n) is 13.1. The highest BCUT2D eigenvalue weighted by Gasteiger charge is 2.23. The van der Waals surface area contributed by atoms with E-state index < -0.39 is 5.76 Å². The number of hydrogen-bond acceptors (Lipinski definition) is 5. The molecule has 0 radical (unpaired) electrons. The average molecular weight is 316 g/mol. The van der Waals surface area contributed by atoms with Gasteiger partial charge in [0, 0.05) is 18.4 Å². The van der Waals surface area contributed by atoms with Crippen LogP contribution in [0.15, 0.2) is 33.7 Å². The molecule has 3 rings (SSSR count). The van der Waals surface area contributed by atoms with Gasteiger partial charge < -0.3 is 9.73 Å². The van der Waals surface area contributed by atoms with Crippen LogP contribution in [-0.4, -0.2) is 26.7 Å². The van der Waals surface area contributed by atoms with Gasteiger partial charge in [0.25, 0.3) is 5.89 Å². The van der Waals surface area contributed by atoms with Crippen LogP contribution >= 0.6 is 0 Å². The Bertz CT molecular complexity index is 722. The Hall–Kier alpha value is -2.44. The Balaban J connectivity index is 1.67. The molecule has 0 aromatic carbocycles. The van der Waals surface area contributed by atoms with Crippen molar-refractivity contribution in [2.75, 3.05) is 0 Å². The Labute approximate surface area is 133 Å². The third kappa shape index (κ3) is 3.67. The second-order valence-corrected chi connectivity index (χ2v) is 6.01. The Morgan fingerprint density at radius 2 is 2.26 bits per heavy atom. The normalized spacial score (nSPS) is 21.1. The third-order valence-corrected chi connectivity index (χ3v) is 4.27. The van der Waals surface area contributed by atoms with Gasteiger partial charge in [-0.15, -0.1) is 5.10 Å². The van der Waals surface area contributed by atoms with Crippen molar-refractivity contribution < 1.29 is 9.21 Å². The number of amides is 1. The number of aromatic nitrogens is 3. The summed E-state index contributed by atoms with van der Waals surface area (Å²) in [6.07, 6.45) is 7.63. The van der Waals surface area contributed by atoms with Gasteiger partial charge in [0.2, 0.25) is 5.91 Å². The third-order valence-electron chi connectivity index (χ3n) is 4.27. The van der Waals surface area contributed by atoms with Crippen LogP contribution in [0.25, 0.3) is 11.5 Å². The quantitative estimate of drug-likeness (QED) is 0.925. The van der Waals surface area contributed by atoms with Gasteiger partial charge in [0.05, 0.1) is 5.56 Å². The van der Waals surface area contributed by atoms with Gasteiger partial charge in [-0.25, -0.2) is 4.79 Å². The van der Waals surface area contributed by atoms with Crippen molar-refractivity contribution in [3.63, 3.8) is 0 Å². The van der Waals surface area contributed by atoms with Gasteiger partial charge in [0.1, 0.15) is 6.54 Å². The predicted molar refractivity (Wildman–Crippen MR) is 83.6 cm³/mol. The fourth-order valence-corrected chi connectivity index (χ4v) is 2.93. The first-order valence-corrected chi connectivity index (χ1v) is 7.91. The second kappa shape index (κ2) is 6.76. The minimum absolute atomic E-state index is 0.133. The maximum atomic E-state index is 12.2. The van der Waals surface area contributed by atoms with Crippen molar-refractivity contribution in [2.24, 2.45) is 5.92 Å². The number of nitrogens with one attached hydrogen (secondary N) is 1. The van der Waals surface area contributed by atoms with Crippen LogP contribution in [0.5, 0.6) is 0 Å². The molecule has 1 amide bonds. The predicted octanol–water partition coefficient (Wildman–Crippen LogP) is 1.59. The summed E-state index contributed by atoms with van der Waals surface area (Å²) >= 11 is 0. The van der Waals surface area contributed by atoms with Gasteiger partial charge in [-0.1, -0.05) is 19.8 Å². The first-order valence-electron chi connectivity index (χ1n) is 7.91. The highest BCUT2D eigenvalue weighted by Crippen LogP contribution is 2.23. The molecule has 2 aromatic rings. The summed E-state index contributed by atoms with van der Waals surface area (Å²) in [6.45, 7) is 2.01. The minimum Gasteiger partial charge on any atom is -0.388 e. The van der Waals surface area contributed by atoms with Crippen LogP contribution in [0.2, 0.25) is 0 Å². The van der Waals surface area contributed by atoms with Crippen LogP contribution in [0, 0.1) is 5.92 Å². The molecule has 2 atom stereocenters. The van der Waals surface area contributed by atoms with E-state index in [1.165, 1.54) is 6.42 Å². The lowest BCUT2D eigenvalue weighted by Gasteiger charge is -2.29. The molecule has 1 aliphatic rings. The summed E-state index contributed by atoms with van der Waals surface area (Å²) in [4.78, 5) is 28.0. The molecule has 23 heavy (non-hydrogen) atoms. The Kier molecular flexibility index (Phi) is 4.55. The fraction of sp³-hybridized carbons (Fsp3) is 0.500. The molecule has 2 unspecified atom stereocenters. The molecule has 1 fully saturated rings. The first kappa shape index (κ1) is 15.5. The van der Waals surface area contributed by atoms with E-state index >= 15 is 0 Å². The smallest absolute Gasteiger partial charge is 0.388 e. The maximum Gasteiger partial charge on any atom is 0.437 e. The lowest BCUT2D eigenvalue weighted by molar-refractivity contribution is -0.123. The molecule has 1 aliphatic carbocycles. The molecule has 0 saturated heterocycles. The Morgan fingerprint density at radius 3 is 3.00 bits per heavy atom. The highest BCUT2D eigenvalue weighted by molar-refractivity contribution is 5.76. The van der Waals surface area contributed by atoms with Gasteiger partial charge in [-0.3, -0.25) is 9.78 Å². The molecule has 1 saturated carbocycles. The van der Waals surface area contributed by atoms with Crippen LogP contribution in [0.3, 0.4) is 0 Å². The van der Waals surface area contributed by atoms with E-state index in [-0.39, 0.29) is 24.4 Å².